The van der Waals surface area contributed by atoms with Crippen molar-refractivity contribution in [1.82, 2.24) is 10.2 Å². The van der Waals surface area contributed by atoms with Crippen molar-refractivity contribution >= 4 is 12.0 Å². The summed E-state index contributed by atoms with van der Waals surface area (Å²) in [5.41, 5.74) is 0.664. The summed E-state index contributed by atoms with van der Waals surface area (Å²) in [4.78, 5) is 26.5. The third kappa shape index (κ3) is 3.97. The van der Waals surface area contributed by atoms with E-state index in [2.05, 4.69) is 17.4 Å². The predicted molar refractivity (Wildman–Crippen MR) is 96.1 cm³/mol. The SMILES string of the molecule is CC(C)(C)OC(=O)N1CCC2(CC1)CNC(=O)[C@H]2Cc1ccccc1. The minimum absolute atomic E-state index is 0.0179. The van der Waals surface area contributed by atoms with E-state index in [-0.39, 0.29) is 23.3 Å². The van der Waals surface area contributed by atoms with E-state index >= 15 is 0 Å². The highest BCUT2D eigenvalue weighted by atomic mass is 16.6. The second kappa shape index (κ2) is 6.70. The number of carbonyl (C=O) groups is 2. The first-order valence-corrected chi connectivity index (χ1v) is 9.09. The van der Waals surface area contributed by atoms with Crippen LogP contribution in [0.3, 0.4) is 0 Å². The topological polar surface area (TPSA) is 58.6 Å². The zero-order valence-corrected chi connectivity index (χ0v) is 15.4. The molecule has 2 aliphatic heterocycles. The second-order valence-corrected chi connectivity index (χ2v) is 8.29. The van der Waals surface area contributed by atoms with Crippen molar-refractivity contribution in [3.8, 4) is 0 Å². The van der Waals surface area contributed by atoms with Crippen LogP contribution in [0.2, 0.25) is 0 Å². The van der Waals surface area contributed by atoms with Crippen molar-refractivity contribution in [2.24, 2.45) is 11.3 Å². The van der Waals surface area contributed by atoms with Crippen LogP contribution in [0.5, 0.6) is 0 Å². The van der Waals surface area contributed by atoms with Gasteiger partial charge in [0.25, 0.3) is 0 Å². The molecule has 1 aromatic rings. The normalized spacial score (nSPS) is 22.8. The van der Waals surface area contributed by atoms with Gasteiger partial charge in [0.15, 0.2) is 0 Å². The fourth-order valence-corrected chi connectivity index (χ4v) is 3.93. The number of piperidine rings is 1. The standard InChI is InChI=1S/C20H28N2O3/c1-19(2,3)25-18(24)22-11-9-20(10-12-22)14-21-17(23)16(20)13-15-7-5-4-6-8-15/h4-8,16H,9-14H2,1-3H3,(H,21,23)/t16-/m1/s1. The Labute approximate surface area is 149 Å². The number of hydrogen-bond donors (Lipinski definition) is 1. The first-order valence-electron chi connectivity index (χ1n) is 9.09. The maximum atomic E-state index is 12.4. The molecule has 0 unspecified atom stereocenters. The molecule has 2 heterocycles. The highest BCUT2D eigenvalue weighted by Gasteiger charge is 2.50. The van der Waals surface area contributed by atoms with E-state index in [1.165, 1.54) is 5.56 Å². The molecule has 5 nitrogen and oxygen atoms in total. The Bertz CT molecular complexity index is 628. The number of amides is 2. The molecule has 25 heavy (non-hydrogen) atoms. The van der Waals surface area contributed by atoms with Crippen molar-refractivity contribution in [1.29, 1.82) is 0 Å². The zero-order chi connectivity index (χ0) is 18.1. The van der Waals surface area contributed by atoms with Gasteiger partial charge in [-0.25, -0.2) is 4.79 Å². The monoisotopic (exact) mass is 344 g/mol. The third-order valence-electron chi connectivity index (χ3n) is 5.36. The number of rotatable bonds is 2. The number of likely N-dealkylation sites (tertiary alicyclic amines) is 1. The molecule has 0 aliphatic carbocycles. The third-order valence-corrected chi connectivity index (χ3v) is 5.36. The summed E-state index contributed by atoms with van der Waals surface area (Å²) in [6.07, 6.45) is 2.18. The van der Waals surface area contributed by atoms with Gasteiger partial charge in [-0.3, -0.25) is 4.79 Å². The summed E-state index contributed by atoms with van der Waals surface area (Å²) in [6.45, 7) is 7.65. The van der Waals surface area contributed by atoms with Gasteiger partial charge in [-0.2, -0.15) is 0 Å². The molecule has 1 spiro atoms. The van der Waals surface area contributed by atoms with E-state index in [0.717, 1.165) is 19.3 Å². The highest BCUT2D eigenvalue weighted by molar-refractivity contribution is 5.82. The molecule has 3 rings (SSSR count). The van der Waals surface area contributed by atoms with Gasteiger partial charge in [-0.15, -0.1) is 0 Å². The van der Waals surface area contributed by atoms with Gasteiger partial charge in [-0.05, 0) is 45.6 Å². The van der Waals surface area contributed by atoms with Crippen molar-refractivity contribution < 1.29 is 14.3 Å². The number of nitrogens with zero attached hydrogens (tertiary/aromatic N) is 1. The fourth-order valence-electron chi connectivity index (χ4n) is 3.93. The Hall–Kier alpha value is -2.04. The van der Waals surface area contributed by atoms with Crippen LogP contribution in [0.25, 0.3) is 0 Å². The van der Waals surface area contributed by atoms with Crippen LogP contribution in [0, 0.1) is 11.3 Å². The molecule has 2 amide bonds. The van der Waals surface area contributed by atoms with E-state index in [4.69, 9.17) is 4.74 Å². The first-order chi connectivity index (χ1) is 11.8. The van der Waals surface area contributed by atoms with Gasteiger partial charge >= 0.3 is 6.09 Å². The second-order valence-electron chi connectivity index (χ2n) is 8.29. The lowest BCUT2D eigenvalue weighted by Crippen LogP contribution is -2.48. The van der Waals surface area contributed by atoms with Gasteiger partial charge in [0.05, 0.1) is 0 Å². The predicted octanol–water partition coefficient (Wildman–Crippen LogP) is 2.99. The van der Waals surface area contributed by atoms with Crippen molar-refractivity contribution in [2.45, 2.75) is 45.6 Å². The Kier molecular flexibility index (Phi) is 4.76. The average Bonchev–Trinajstić information content (AvgIpc) is 2.85. The van der Waals surface area contributed by atoms with E-state index in [9.17, 15) is 9.59 Å². The van der Waals surface area contributed by atoms with Gasteiger partial charge in [-0.1, -0.05) is 30.3 Å². The Morgan fingerprint density at radius 2 is 1.88 bits per heavy atom. The minimum atomic E-state index is -0.479. The molecule has 0 aromatic heterocycles. The molecule has 5 heteroatoms. The Balaban J connectivity index is 1.66. The number of ether oxygens (including phenoxy) is 1. The summed E-state index contributed by atoms with van der Waals surface area (Å²) in [5.74, 6) is 0.130. The van der Waals surface area contributed by atoms with Crippen LogP contribution < -0.4 is 5.32 Å². The summed E-state index contributed by atoms with van der Waals surface area (Å²) in [7, 11) is 0. The summed E-state index contributed by atoms with van der Waals surface area (Å²) in [5, 5.41) is 3.06. The van der Waals surface area contributed by atoms with Crippen LogP contribution in [0.1, 0.15) is 39.2 Å². The maximum Gasteiger partial charge on any atom is 0.410 e. The van der Waals surface area contributed by atoms with E-state index in [0.29, 0.717) is 19.6 Å². The molecule has 2 fully saturated rings. The van der Waals surface area contributed by atoms with Gasteiger partial charge in [0.1, 0.15) is 5.60 Å². The average molecular weight is 344 g/mol. The van der Waals surface area contributed by atoms with Crippen molar-refractivity contribution in [3.63, 3.8) is 0 Å². The lowest BCUT2D eigenvalue weighted by Gasteiger charge is -2.41. The van der Waals surface area contributed by atoms with Crippen LogP contribution >= 0.6 is 0 Å². The van der Waals surface area contributed by atoms with Gasteiger partial charge < -0.3 is 15.0 Å². The minimum Gasteiger partial charge on any atom is -0.444 e. The number of hydrogen-bond acceptors (Lipinski definition) is 3. The summed E-state index contributed by atoms with van der Waals surface area (Å²) in [6, 6.07) is 10.2. The lowest BCUT2D eigenvalue weighted by atomic mass is 9.68. The molecule has 1 atom stereocenters. The quantitative estimate of drug-likeness (QED) is 0.897. The van der Waals surface area contributed by atoms with E-state index in [1.54, 1.807) is 4.90 Å². The molecule has 1 N–H and O–H groups in total. The zero-order valence-electron chi connectivity index (χ0n) is 15.4. The lowest BCUT2D eigenvalue weighted by molar-refractivity contribution is -0.124. The Morgan fingerprint density at radius 3 is 2.48 bits per heavy atom. The molecule has 2 aliphatic rings. The van der Waals surface area contributed by atoms with Crippen LogP contribution in [0.4, 0.5) is 4.79 Å². The number of benzene rings is 1. The molecular weight excluding hydrogens is 316 g/mol. The largest absolute Gasteiger partial charge is 0.444 e. The molecule has 0 radical (unpaired) electrons. The number of nitrogens with one attached hydrogen (secondary N) is 1. The molecule has 2 saturated heterocycles. The first kappa shape index (κ1) is 17.8. The van der Waals surface area contributed by atoms with Crippen molar-refractivity contribution in [2.75, 3.05) is 19.6 Å². The molecule has 0 bridgehead atoms. The van der Waals surface area contributed by atoms with Crippen LogP contribution in [-0.2, 0) is 16.0 Å². The molecule has 0 saturated carbocycles. The fraction of sp³-hybridized carbons (Fsp3) is 0.600. The molecular formula is C20H28N2O3. The van der Waals surface area contributed by atoms with Gasteiger partial charge in [0, 0.05) is 31.0 Å². The van der Waals surface area contributed by atoms with E-state index in [1.807, 2.05) is 39.0 Å². The maximum absolute atomic E-state index is 12.4. The Morgan fingerprint density at radius 1 is 1.24 bits per heavy atom. The molecule has 1 aromatic carbocycles. The van der Waals surface area contributed by atoms with Crippen LogP contribution in [-0.4, -0.2) is 42.1 Å². The summed E-state index contributed by atoms with van der Waals surface area (Å²) < 4.78 is 5.48. The molecule has 136 valence electrons. The van der Waals surface area contributed by atoms with Gasteiger partial charge in [0.2, 0.25) is 5.91 Å². The summed E-state index contributed by atoms with van der Waals surface area (Å²) >= 11 is 0. The van der Waals surface area contributed by atoms with Crippen molar-refractivity contribution in [3.05, 3.63) is 35.9 Å². The highest BCUT2D eigenvalue weighted by Crippen LogP contribution is 2.43. The number of carbonyl (C=O) groups excluding carboxylic acids is 2. The smallest absolute Gasteiger partial charge is 0.410 e. The van der Waals surface area contributed by atoms with Crippen LogP contribution in [0.15, 0.2) is 30.3 Å². The van der Waals surface area contributed by atoms with E-state index < -0.39 is 5.60 Å².